The SMILES string of the molecule is CC(C)CCN(C)c1ccc2c(c1)NC(=O)C2O. The fourth-order valence-electron chi connectivity index (χ4n) is 2.05. The summed E-state index contributed by atoms with van der Waals surface area (Å²) in [4.78, 5) is 13.5. The molecular weight excluding hydrogens is 228 g/mol. The molecule has 0 bridgehead atoms. The molecule has 2 rings (SSSR count). The summed E-state index contributed by atoms with van der Waals surface area (Å²) in [6.07, 6.45) is 0.109. The van der Waals surface area contributed by atoms with E-state index in [4.69, 9.17) is 0 Å². The van der Waals surface area contributed by atoms with Crippen molar-refractivity contribution in [2.45, 2.75) is 26.4 Å². The third-order valence-electron chi connectivity index (χ3n) is 3.32. The normalized spacial score (nSPS) is 17.8. The molecule has 2 N–H and O–H groups in total. The number of hydrogen-bond donors (Lipinski definition) is 2. The first kappa shape index (κ1) is 12.9. The number of amides is 1. The molecule has 0 radical (unpaired) electrons. The van der Waals surface area contributed by atoms with Crippen LogP contribution in [0.4, 0.5) is 11.4 Å². The van der Waals surface area contributed by atoms with E-state index in [2.05, 4.69) is 24.1 Å². The van der Waals surface area contributed by atoms with Crippen molar-refractivity contribution in [3.63, 3.8) is 0 Å². The van der Waals surface area contributed by atoms with Crippen LogP contribution >= 0.6 is 0 Å². The summed E-state index contributed by atoms with van der Waals surface area (Å²) in [5, 5.41) is 12.3. The smallest absolute Gasteiger partial charge is 0.257 e. The van der Waals surface area contributed by atoms with Crippen LogP contribution in [-0.4, -0.2) is 24.6 Å². The number of nitrogens with one attached hydrogen (secondary N) is 1. The predicted octanol–water partition coefficient (Wildman–Crippen LogP) is 2.15. The second-order valence-electron chi connectivity index (χ2n) is 5.27. The van der Waals surface area contributed by atoms with E-state index < -0.39 is 6.10 Å². The lowest BCUT2D eigenvalue weighted by atomic mass is 10.1. The number of aliphatic hydroxyl groups is 1. The molecule has 0 aromatic heterocycles. The molecule has 98 valence electrons. The Morgan fingerprint density at radius 1 is 1.44 bits per heavy atom. The fourth-order valence-corrected chi connectivity index (χ4v) is 2.05. The summed E-state index contributed by atoms with van der Waals surface area (Å²) >= 11 is 0. The van der Waals surface area contributed by atoms with E-state index in [1.54, 1.807) is 0 Å². The second-order valence-corrected chi connectivity index (χ2v) is 5.27. The number of carbonyl (C=O) groups excluding carboxylic acids is 1. The lowest BCUT2D eigenvalue weighted by Gasteiger charge is -2.21. The zero-order chi connectivity index (χ0) is 13.3. The average molecular weight is 248 g/mol. The van der Waals surface area contributed by atoms with Gasteiger partial charge in [-0.25, -0.2) is 0 Å². The van der Waals surface area contributed by atoms with Gasteiger partial charge in [0.1, 0.15) is 0 Å². The van der Waals surface area contributed by atoms with Crippen LogP contribution in [0.2, 0.25) is 0 Å². The van der Waals surface area contributed by atoms with Crippen LogP contribution in [-0.2, 0) is 4.79 Å². The minimum atomic E-state index is -1.02. The number of anilines is 2. The highest BCUT2D eigenvalue weighted by molar-refractivity contribution is 6.02. The molecule has 1 aliphatic rings. The third-order valence-corrected chi connectivity index (χ3v) is 3.32. The third kappa shape index (κ3) is 2.48. The maximum Gasteiger partial charge on any atom is 0.257 e. The molecule has 0 saturated carbocycles. The van der Waals surface area contributed by atoms with Gasteiger partial charge in [-0.1, -0.05) is 19.9 Å². The van der Waals surface area contributed by atoms with Gasteiger partial charge in [0.05, 0.1) is 0 Å². The van der Waals surface area contributed by atoms with Crippen molar-refractivity contribution in [1.29, 1.82) is 0 Å². The maximum atomic E-state index is 11.4. The molecule has 4 heteroatoms. The number of fused-ring (bicyclic) bond motifs is 1. The van der Waals surface area contributed by atoms with Crippen molar-refractivity contribution < 1.29 is 9.90 Å². The molecule has 1 unspecified atom stereocenters. The number of nitrogens with zero attached hydrogens (tertiary/aromatic N) is 1. The molecular formula is C14H20N2O2. The van der Waals surface area contributed by atoms with Gasteiger partial charge in [-0.05, 0) is 24.5 Å². The van der Waals surface area contributed by atoms with Crippen molar-refractivity contribution in [1.82, 2.24) is 0 Å². The van der Waals surface area contributed by atoms with E-state index in [0.29, 0.717) is 11.5 Å². The van der Waals surface area contributed by atoms with Gasteiger partial charge in [-0.2, -0.15) is 0 Å². The molecule has 1 amide bonds. The molecule has 0 fully saturated rings. The summed E-state index contributed by atoms with van der Waals surface area (Å²) in [5.41, 5.74) is 2.45. The molecule has 4 nitrogen and oxygen atoms in total. The standard InChI is InChI=1S/C14H20N2O2/c1-9(2)6-7-16(3)10-4-5-11-12(8-10)15-14(18)13(11)17/h4-5,8-9,13,17H,6-7H2,1-3H3,(H,15,18). The minimum absolute atomic E-state index is 0.341. The molecule has 0 saturated heterocycles. The maximum absolute atomic E-state index is 11.4. The van der Waals surface area contributed by atoms with Gasteiger partial charge in [-0.15, -0.1) is 0 Å². The van der Waals surface area contributed by atoms with E-state index in [0.717, 1.165) is 24.3 Å². The number of aliphatic hydroxyl groups excluding tert-OH is 1. The zero-order valence-corrected chi connectivity index (χ0v) is 11.1. The van der Waals surface area contributed by atoms with Crippen molar-refractivity contribution in [2.24, 2.45) is 5.92 Å². The number of carbonyl (C=O) groups is 1. The van der Waals surface area contributed by atoms with Crippen LogP contribution in [0.3, 0.4) is 0 Å². The minimum Gasteiger partial charge on any atom is -0.378 e. The monoisotopic (exact) mass is 248 g/mol. The van der Waals surface area contributed by atoms with E-state index >= 15 is 0 Å². The van der Waals surface area contributed by atoms with Gasteiger partial charge in [-0.3, -0.25) is 4.79 Å². The summed E-state index contributed by atoms with van der Waals surface area (Å²) in [6.45, 7) is 5.38. The van der Waals surface area contributed by atoms with Crippen molar-refractivity contribution in [3.8, 4) is 0 Å². The zero-order valence-electron chi connectivity index (χ0n) is 11.1. The molecule has 1 atom stereocenters. The first-order valence-electron chi connectivity index (χ1n) is 6.33. The second kappa shape index (κ2) is 4.98. The fraction of sp³-hybridized carbons (Fsp3) is 0.500. The highest BCUT2D eigenvalue weighted by Crippen LogP contribution is 2.33. The Hall–Kier alpha value is -1.55. The lowest BCUT2D eigenvalue weighted by molar-refractivity contribution is -0.123. The summed E-state index contributed by atoms with van der Waals surface area (Å²) in [5.74, 6) is 0.329. The number of benzene rings is 1. The Balaban J connectivity index is 2.13. The van der Waals surface area contributed by atoms with Crippen molar-refractivity contribution in [3.05, 3.63) is 23.8 Å². The Morgan fingerprint density at radius 2 is 2.17 bits per heavy atom. The topological polar surface area (TPSA) is 52.6 Å². The molecule has 0 spiro atoms. The Labute approximate surface area is 108 Å². The van der Waals surface area contributed by atoms with Gasteiger partial charge in [0, 0.05) is 30.5 Å². The van der Waals surface area contributed by atoms with E-state index in [1.165, 1.54) is 0 Å². The highest BCUT2D eigenvalue weighted by atomic mass is 16.3. The molecule has 1 heterocycles. The van der Waals surface area contributed by atoms with Crippen LogP contribution in [0.25, 0.3) is 0 Å². The molecule has 18 heavy (non-hydrogen) atoms. The molecule has 1 aromatic rings. The van der Waals surface area contributed by atoms with Crippen LogP contribution < -0.4 is 10.2 Å². The molecule has 1 aromatic carbocycles. The Kier molecular flexibility index (Phi) is 3.57. The van der Waals surface area contributed by atoms with Gasteiger partial charge in [0.15, 0.2) is 6.10 Å². The van der Waals surface area contributed by atoms with Crippen molar-refractivity contribution >= 4 is 17.3 Å². The van der Waals surface area contributed by atoms with Gasteiger partial charge >= 0.3 is 0 Å². The van der Waals surface area contributed by atoms with Gasteiger partial charge in [0.25, 0.3) is 5.91 Å². The first-order valence-corrected chi connectivity index (χ1v) is 6.33. The van der Waals surface area contributed by atoms with Crippen LogP contribution in [0, 0.1) is 5.92 Å². The Bertz CT molecular complexity index is 457. The van der Waals surface area contributed by atoms with E-state index in [1.807, 2.05) is 25.2 Å². The average Bonchev–Trinajstić information content (AvgIpc) is 2.61. The largest absolute Gasteiger partial charge is 0.378 e. The summed E-state index contributed by atoms with van der Waals surface area (Å²) < 4.78 is 0. The van der Waals surface area contributed by atoms with E-state index in [-0.39, 0.29) is 5.91 Å². The van der Waals surface area contributed by atoms with Crippen LogP contribution in [0.5, 0.6) is 0 Å². The lowest BCUT2D eigenvalue weighted by Crippen LogP contribution is -2.19. The van der Waals surface area contributed by atoms with Crippen molar-refractivity contribution in [2.75, 3.05) is 23.8 Å². The highest BCUT2D eigenvalue weighted by Gasteiger charge is 2.28. The summed E-state index contributed by atoms with van der Waals surface area (Å²) in [6, 6.07) is 5.69. The Morgan fingerprint density at radius 3 is 2.83 bits per heavy atom. The molecule has 0 aliphatic carbocycles. The van der Waals surface area contributed by atoms with Crippen LogP contribution in [0.1, 0.15) is 31.9 Å². The van der Waals surface area contributed by atoms with Gasteiger partial charge in [0.2, 0.25) is 0 Å². The van der Waals surface area contributed by atoms with Gasteiger partial charge < -0.3 is 15.3 Å². The van der Waals surface area contributed by atoms with E-state index in [9.17, 15) is 9.90 Å². The summed E-state index contributed by atoms with van der Waals surface area (Å²) in [7, 11) is 2.04. The number of hydrogen-bond acceptors (Lipinski definition) is 3. The first-order chi connectivity index (χ1) is 8.49. The quantitative estimate of drug-likeness (QED) is 0.858. The number of rotatable bonds is 4. The molecule has 1 aliphatic heterocycles. The van der Waals surface area contributed by atoms with Crippen LogP contribution in [0.15, 0.2) is 18.2 Å². The predicted molar refractivity (Wildman–Crippen MR) is 72.8 cm³/mol.